The normalized spacial score (nSPS) is 12.7. The van der Waals surface area contributed by atoms with Crippen molar-refractivity contribution in [3.63, 3.8) is 0 Å². The third-order valence-electron chi connectivity index (χ3n) is 2.45. The van der Waals surface area contributed by atoms with E-state index in [0.29, 0.717) is 0 Å². The number of unbranched alkanes of at least 4 members (excludes halogenated alkanes) is 1. The van der Waals surface area contributed by atoms with Crippen LogP contribution in [0.4, 0.5) is 0 Å². The van der Waals surface area contributed by atoms with Crippen molar-refractivity contribution < 1.29 is 10.2 Å². The lowest BCUT2D eigenvalue weighted by Gasteiger charge is -2.13. The summed E-state index contributed by atoms with van der Waals surface area (Å²) in [6.45, 7) is 0.433. The Morgan fingerprint density at radius 3 is 2.29 bits per heavy atom. The van der Waals surface area contributed by atoms with Gasteiger partial charge in [0.15, 0.2) is 0 Å². The summed E-state index contributed by atoms with van der Waals surface area (Å²) in [6.07, 6.45) is 2.74. The van der Waals surface area contributed by atoms with Crippen molar-refractivity contribution in [1.29, 1.82) is 0 Å². The first-order valence-corrected chi connectivity index (χ1v) is 5.15. The van der Waals surface area contributed by atoms with Crippen molar-refractivity contribution in [3.05, 3.63) is 35.9 Å². The molecule has 0 amide bonds. The van der Waals surface area contributed by atoms with E-state index < -0.39 is 0 Å². The maximum Gasteiger partial charge on any atom is 0.0499 e. The van der Waals surface area contributed by atoms with Crippen LogP contribution >= 0.6 is 0 Å². The largest absolute Gasteiger partial charge is 0.396 e. The van der Waals surface area contributed by atoms with Gasteiger partial charge in [0.1, 0.15) is 0 Å². The molecule has 1 atom stereocenters. The molecule has 0 aromatic heterocycles. The Morgan fingerprint density at radius 2 is 1.71 bits per heavy atom. The first kappa shape index (κ1) is 11.2. The van der Waals surface area contributed by atoms with Crippen LogP contribution in [0.1, 0.15) is 30.7 Å². The highest BCUT2D eigenvalue weighted by Gasteiger charge is 2.08. The molecule has 0 saturated heterocycles. The zero-order chi connectivity index (χ0) is 10.2. The van der Waals surface area contributed by atoms with Crippen molar-refractivity contribution in [2.45, 2.75) is 25.2 Å². The van der Waals surface area contributed by atoms with Gasteiger partial charge in [-0.15, -0.1) is 0 Å². The lowest BCUT2D eigenvalue weighted by atomic mass is 9.94. The summed E-state index contributed by atoms with van der Waals surface area (Å²) in [5.74, 6) is 0.225. The monoisotopic (exact) mass is 194 g/mol. The summed E-state index contributed by atoms with van der Waals surface area (Å²) in [5.41, 5.74) is 1.19. The molecule has 0 saturated carbocycles. The predicted molar refractivity (Wildman–Crippen MR) is 57.2 cm³/mol. The van der Waals surface area contributed by atoms with Crippen molar-refractivity contribution >= 4 is 0 Å². The Hall–Kier alpha value is -0.860. The molecule has 0 heterocycles. The number of rotatable bonds is 6. The SMILES string of the molecule is OCCCC[C@H](CO)c1ccccc1. The molecule has 1 rings (SSSR count). The van der Waals surface area contributed by atoms with Crippen LogP contribution in [0.3, 0.4) is 0 Å². The van der Waals surface area contributed by atoms with E-state index in [2.05, 4.69) is 0 Å². The average Bonchev–Trinajstić information content (AvgIpc) is 2.26. The Bertz CT molecular complexity index is 233. The molecular formula is C12H18O2. The van der Waals surface area contributed by atoms with Gasteiger partial charge in [-0.2, -0.15) is 0 Å². The quantitative estimate of drug-likeness (QED) is 0.679. The molecule has 1 aromatic rings. The third kappa shape index (κ3) is 3.48. The van der Waals surface area contributed by atoms with Crippen LogP contribution in [-0.2, 0) is 0 Å². The number of benzene rings is 1. The Morgan fingerprint density at radius 1 is 1.00 bits per heavy atom. The molecule has 1 aromatic carbocycles. The van der Waals surface area contributed by atoms with Crippen LogP contribution in [0.25, 0.3) is 0 Å². The van der Waals surface area contributed by atoms with E-state index in [0.717, 1.165) is 19.3 Å². The van der Waals surface area contributed by atoms with Crippen molar-refractivity contribution in [2.75, 3.05) is 13.2 Å². The second kappa shape index (κ2) is 6.57. The molecule has 0 bridgehead atoms. The molecule has 0 spiro atoms. The van der Waals surface area contributed by atoms with E-state index >= 15 is 0 Å². The smallest absolute Gasteiger partial charge is 0.0499 e. The van der Waals surface area contributed by atoms with Crippen LogP contribution in [0, 0.1) is 0 Å². The van der Waals surface area contributed by atoms with Crippen LogP contribution in [0.5, 0.6) is 0 Å². The first-order chi connectivity index (χ1) is 6.88. The van der Waals surface area contributed by atoms with Gasteiger partial charge < -0.3 is 10.2 Å². The molecule has 2 heteroatoms. The number of hydrogen-bond donors (Lipinski definition) is 2. The van der Waals surface area contributed by atoms with E-state index in [1.165, 1.54) is 5.56 Å². The first-order valence-electron chi connectivity index (χ1n) is 5.15. The van der Waals surface area contributed by atoms with E-state index in [1.54, 1.807) is 0 Å². The topological polar surface area (TPSA) is 40.5 Å². The number of hydrogen-bond acceptors (Lipinski definition) is 2. The van der Waals surface area contributed by atoms with E-state index in [9.17, 15) is 5.11 Å². The molecule has 0 radical (unpaired) electrons. The molecule has 2 N–H and O–H groups in total. The Balaban J connectivity index is 2.46. The summed E-state index contributed by atoms with van der Waals surface area (Å²) in [4.78, 5) is 0. The summed E-state index contributed by atoms with van der Waals surface area (Å²) in [7, 11) is 0. The average molecular weight is 194 g/mol. The van der Waals surface area contributed by atoms with Gasteiger partial charge in [0.25, 0.3) is 0 Å². The Kier molecular flexibility index (Phi) is 5.27. The number of aliphatic hydroxyl groups excluding tert-OH is 2. The standard InChI is InChI=1S/C12H18O2/c13-9-5-4-8-12(10-14)11-6-2-1-3-7-11/h1-3,6-7,12-14H,4-5,8-10H2/t12-/m1/s1. The second-order valence-electron chi connectivity index (χ2n) is 3.51. The fraction of sp³-hybridized carbons (Fsp3) is 0.500. The maximum absolute atomic E-state index is 9.22. The minimum absolute atomic E-state index is 0.190. The zero-order valence-electron chi connectivity index (χ0n) is 8.39. The third-order valence-corrected chi connectivity index (χ3v) is 2.45. The van der Waals surface area contributed by atoms with E-state index in [-0.39, 0.29) is 19.1 Å². The molecular weight excluding hydrogens is 176 g/mol. The van der Waals surface area contributed by atoms with Gasteiger partial charge in [0.2, 0.25) is 0 Å². The molecule has 0 fully saturated rings. The molecule has 14 heavy (non-hydrogen) atoms. The molecule has 2 nitrogen and oxygen atoms in total. The van der Waals surface area contributed by atoms with Gasteiger partial charge in [-0.1, -0.05) is 36.8 Å². The maximum atomic E-state index is 9.22. The summed E-state index contributed by atoms with van der Waals surface area (Å²) in [6, 6.07) is 10.0. The van der Waals surface area contributed by atoms with E-state index in [1.807, 2.05) is 30.3 Å². The molecule has 0 aliphatic carbocycles. The van der Waals surface area contributed by atoms with Crippen LogP contribution in [-0.4, -0.2) is 23.4 Å². The molecule has 0 aliphatic rings. The van der Waals surface area contributed by atoms with Crippen LogP contribution in [0.15, 0.2) is 30.3 Å². The lowest BCUT2D eigenvalue weighted by Crippen LogP contribution is -2.04. The summed E-state index contributed by atoms with van der Waals surface area (Å²) < 4.78 is 0. The summed E-state index contributed by atoms with van der Waals surface area (Å²) in [5, 5.41) is 17.9. The second-order valence-corrected chi connectivity index (χ2v) is 3.51. The number of aliphatic hydroxyl groups is 2. The Labute approximate surface area is 85.2 Å². The lowest BCUT2D eigenvalue weighted by molar-refractivity contribution is 0.246. The molecule has 78 valence electrons. The highest BCUT2D eigenvalue weighted by molar-refractivity contribution is 5.19. The summed E-state index contributed by atoms with van der Waals surface area (Å²) >= 11 is 0. The fourth-order valence-corrected chi connectivity index (χ4v) is 1.59. The highest BCUT2D eigenvalue weighted by Crippen LogP contribution is 2.20. The van der Waals surface area contributed by atoms with Crippen LogP contribution in [0.2, 0.25) is 0 Å². The van der Waals surface area contributed by atoms with Gasteiger partial charge in [0, 0.05) is 19.1 Å². The van der Waals surface area contributed by atoms with Crippen molar-refractivity contribution in [2.24, 2.45) is 0 Å². The molecule has 0 unspecified atom stereocenters. The highest BCUT2D eigenvalue weighted by atomic mass is 16.3. The van der Waals surface area contributed by atoms with Crippen molar-refractivity contribution in [3.8, 4) is 0 Å². The van der Waals surface area contributed by atoms with Crippen LogP contribution < -0.4 is 0 Å². The van der Waals surface area contributed by atoms with Gasteiger partial charge in [-0.25, -0.2) is 0 Å². The zero-order valence-corrected chi connectivity index (χ0v) is 8.39. The van der Waals surface area contributed by atoms with Gasteiger partial charge >= 0.3 is 0 Å². The van der Waals surface area contributed by atoms with Gasteiger partial charge in [-0.05, 0) is 18.4 Å². The fourth-order valence-electron chi connectivity index (χ4n) is 1.59. The van der Waals surface area contributed by atoms with Gasteiger partial charge in [-0.3, -0.25) is 0 Å². The minimum Gasteiger partial charge on any atom is -0.396 e. The predicted octanol–water partition coefficient (Wildman–Crippen LogP) is 1.93. The van der Waals surface area contributed by atoms with Gasteiger partial charge in [0.05, 0.1) is 0 Å². The minimum atomic E-state index is 0.190. The van der Waals surface area contributed by atoms with E-state index in [4.69, 9.17) is 5.11 Å². The van der Waals surface area contributed by atoms with Crippen molar-refractivity contribution in [1.82, 2.24) is 0 Å². The molecule has 0 aliphatic heterocycles.